The van der Waals surface area contributed by atoms with Crippen LogP contribution in [0, 0.1) is 11.8 Å². The third-order valence-corrected chi connectivity index (χ3v) is 5.50. The Morgan fingerprint density at radius 3 is 1.82 bits per heavy atom. The van der Waals surface area contributed by atoms with Gasteiger partial charge in [0, 0.05) is 5.69 Å². The molecular formula is C21H35N. The molecule has 2 N–H and O–H groups in total. The Morgan fingerprint density at radius 2 is 1.27 bits per heavy atom. The van der Waals surface area contributed by atoms with E-state index in [0.29, 0.717) is 0 Å². The maximum atomic E-state index is 5.78. The number of hydrogen-bond donors (Lipinski definition) is 1. The van der Waals surface area contributed by atoms with Gasteiger partial charge in [-0.25, -0.2) is 0 Å². The molecule has 1 heteroatoms. The van der Waals surface area contributed by atoms with Crippen LogP contribution in [0.1, 0.15) is 89.5 Å². The molecule has 0 radical (unpaired) electrons. The Morgan fingerprint density at radius 1 is 0.773 bits per heavy atom. The Kier molecular flexibility index (Phi) is 7.29. The van der Waals surface area contributed by atoms with E-state index in [9.17, 15) is 0 Å². The van der Waals surface area contributed by atoms with Gasteiger partial charge in [-0.15, -0.1) is 0 Å². The van der Waals surface area contributed by atoms with Crippen molar-refractivity contribution in [2.75, 3.05) is 5.73 Å². The van der Waals surface area contributed by atoms with Crippen LogP contribution in [0.4, 0.5) is 5.69 Å². The lowest BCUT2D eigenvalue weighted by molar-refractivity contribution is 0.186. The van der Waals surface area contributed by atoms with Crippen molar-refractivity contribution in [3.05, 3.63) is 29.8 Å². The largest absolute Gasteiger partial charge is 0.399 e. The second-order valence-electron chi connectivity index (χ2n) is 7.38. The lowest BCUT2D eigenvalue weighted by Crippen LogP contribution is -2.23. The highest BCUT2D eigenvalue weighted by Gasteiger charge is 2.28. The number of anilines is 1. The monoisotopic (exact) mass is 301 g/mol. The lowest BCUT2D eigenvalue weighted by Gasteiger charge is -2.36. The van der Waals surface area contributed by atoms with Crippen molar-refractivity contribution in [2.24, 2.45) is 11.8 Å². The molecule has 2 aliphatic rings. The van der Waals surface area contributed by atoms with Gasteiger partial charge < -0.3 is 5.73 Å². The number of rotatable bonds is 2. The van der Waals surface area contributed by atoms with Crippen molar-refractivity contribution in [2.45, 2.75) is 84.0 Å². The molecule has 1 aromatic carbocycles. The number of hydrogen-bond acceptors (Lipinski definition) is 1. The highest BCUT2D eigenvalue weighted by molar-refractivity contribution is 5.40. The number of benzene rings is 1. The van der Waals surface area contributed by atoms with Crippen molar-refractivity contribution >= 4 is 5.69 Å². The summed E-state index contributed by atoms with van der Waals surface area (Å²) in [6, 6.07) is 8.59. The van der Waals surface area contributed by atoms with E-state index in [1.54, 1.807) is 0 Å². The van der Waals surface area contributed by atoms with Crippen LogP contribution in [-0.2, 0) is 0 Å². The molecule has 0 aliphatic heterocycles. The fourth-order valence-corrected chi connectivity index (χ4v) is 4.30. The summed E-state index contributed by atoms with van der Waals surface area (Å²) in [6.07, 6.45) is 14.4. The predicted octanol–water partition coefficient (Wildman–Crippen LogP) is 6.54. The molecule has 2 aliphatic carbocycles. The molecule has 0 bridgehead atoms. The van der Waals surface area contributed by atoms with E-state index in [0.717, 1.165) is 23.4 Å². The first-order valence-electron chi connectivity index (χ1n) is 9.60. The molecule has 22 heavy (non-hydrogen) atoms. The SMILES string of the molecule is CCC.Nc1ccc(C2CCC(C3CCCCC3)CC2)cc1. The molecule has 0 amide bonds. The van der Waals surface area contributed by atoms with E-state index in [1.807, 2.05) is 0 Å². The van der Waals surface area contributed by atoms with Crippen LogP contribution in [0.15, 0.2) is 24.3 Å². The molecule has 1 nitrogen and oxygen atoms in total. The fourth-order valence-electron chi connectivity index (χ4n) is 4.30. The molecule has 3 rings (SSSR count). The molecule has 0 spiro atoms. The molecule has 0 atom stereocenters. The third kappa shape index (κ3) is 5.04. The van der Waals surface area contributed by atoms with Crippen molar-refractivity contribution < 1.29 is 0 Å². The molecule has 0 unspecified atom stereocenters. The smallest absolute Gasteiger partial charge is 0.0314 e. The van der Waals surface area contributed by atoms with Crippen molar-refractivity contribution in [3.63, 3.8) is 0 Å². The summed E-state index contributed by atoms with van der Waals surface area (Å²) in [5.74, 6) is 2.88. The van der Waals surface area contributed by atoms with Crippen LogP contribution in [-0.4, -0.2) is 0 Å². The van der Waals surface area contributed by atoms with Crippen molar-refractivity contribution in [1.82, 2.24) is 0 Å². The van der Waals surface area contributed by atoms with Gasteiger partial charge in [0.05, 0.1) is 0 Å². The third-order valence-electron chi connectivity index (χ3n) is 5.50. The van der Waals surface area contributed by atoms with E-state index in [2.05, 4.69) is 38.1 Å². The van der Waals surface area contributed by atoms with E-state index in [1.165, 1.54) is 69.8 Å². The standard InChI is InChI=1S/C18H27N.C3H8/c19-18-12-10-17(11-13-18)16-8-6-15(7-9-16)14-4-2-1-3-5-14;1-3-2/h10-16H,1-9,19H2;3H2,1-2H3. The zero-order valence-electron chi connectivity index (χ0n) is 14.7. The lowest BCUT2D eigenvalue weighted by atomic mass is 9.70. The molecule has 0 heterocycles. The number of nitrogen functional groups attached to an aromatic ring is 1. The molecular weight excluding hydrogens is 266 g/mol. The summed E-state index contributed by atoms with van der Waals surface area (Å²) in [5, 5.41) is 0. The average molecular weight is 302 g/mol. The minimum atomic E-state index is 0.792. The van der Waals surface area contributed by atoms with Crippen molar-refractivity contribution in [1.29, 1.82) is 0 Å². The van der Waals surface area contributed by atoms with E-state index in [-0.39, 0.29) is 0 Å². The molecule has 1 aromatic rings. The molecule has 2 fully saturated rings. The molecule has 0 aromatic heterocycles. The number of nitrogens with two attached hydrogens (primary N) is 1. The second-order valence-corrected chi connectivity index (χ2v) is 7.38. The fraction of sp³-hybridized carbons (Fsp3) is 0.714. The van der Waals surface area contributed by atoms with E-state index < -0.39 is 0 Å². The quantitative estimate of drug-likeness (QED) is 0.617. The molecule has 0 saturated heterocycles. The molecule has 2 saturated carbocycles. The summed E-state index contributed by atoms with van der Waals surface area (Å²) < 4.78 is 0. The Balaban J connectivity index is 0.000000545. The summed E-state index contributed by atoms with van der Waals surface area (Å²) >= 11 is 0. The van der Waals surface area contributed by atoms with Crippen LogP contribution in [0.3, 0.4) is 0 Å². The van der Waals surface area contributed by atoms with Gasteiger partial charge in [-0.2, -0.15) is 0 Å². The Hall–Kier alpha value is -0.980. The van der Waals surface area contributed by atoms with Gasteiger partial charge in [0.15, 0.2) is 0 Å². The first-order valence-corrected chi connectivity index (χ1v) is 9.60. The summed E-state index contributed by atoms with van der Waals surface area (Å²) in [5.41, 5.74) is 8.17. The first kappa shape index (κ1) is 17.4. The Bertz CT molecular complexity index is 394. The zero-order chi connectivity index (χ0) is 15.8. The van der Waals surface area contributed by atoms with Crippen LogP contribution < -0.4 is 5.73 Å². The second kappa shape index (κ2) is 9.22. The van der Waals surface area contributed by atoms with Gasteiger partial charge in [0.1, 0.15) is 0 Å². The topological polar surface area (TPSA) is 26.0 Å². The highest BCUT2D eigenvalue weighted by atomic mass is 14.5. The minimum absolute atomic E-state index is 0.792. The van der Waals surface area contributed by atoms with Crippen molar-refractivity contribution in [3.8, 4) is 0 Å². The normalized spacial score (nSPS) is 26.1. The minimum Gasteiger partial charge on any atom is -0.399 e. The maximum Gasteiger partial charge on any atom is 0.0314 e. The predicted molar refractivity (Wildman–Crippen MR) is 98.1 cm³/mol. The van der Waals surface area contributed by atoms with Gasteiger partial charge in [0.25, 0.3) is 0 Å². The van der Waals surface area contributed by atoms with E-state index >= 15 is 0 Å². The van der Waals surface area contributed by atoms with E-state index in [4.69, 9.17) is 5.73 Å². The van der Waals surface area contributed by atoms with Crippen LogP contribution in [0.5, 0.6) is 0 Å². The van der Waals surface area contributed by atoms with Gasteiger partial charge in [0.2, 0.25) is 0 Å². The zero-order valence-corrected chi connectivity index (χ0v) is 14.7. The molecule has 124 valence electrons. The van der Waals surface area contributed by atoms with Gasteiger partial charge in [-0.1, -0.05) is 64.5 Å². The highest BCUT2D eigenvalue weighted by Crippen LogP contribution is 2.42. The van der Waals surface area contributed by atoms with Gasteiger partial charge in [-0.05, 0) is 61.1 Å². The van der Waals surface area contributed by atoms with Crippen LogP contribution in [0.2, 0.25) is 0 Å². The summed E-state index contributed by atoms with van der Waals surface area (Å²) in [7, 11) is 0. The summed E-state index contributed by atoms with van der Waals surface area (Å²) in [4.78, 5) is 0. The average Bonchev–Trinajstić information content (AvgIpc) is 2.57. The summed E-state index contributed by atoms with van der Waals surface area (Å²) in [6.45, 7) is 4.25. The van der Waals surface area contributed by atoms with Crippen LogP contribution >= 0.6 is 0 Å². The van der Waals surface area contributed by atoms with Gasteiger partial charge >= 0.3 is 0 Å². The Labute approximate surface area is 137 Å². The van der Waals surface area contributed by atoms with Gasteiger partial charge in [-0.3, -0.25) is 0 Å². The maximum absolute atomic E-state index is 5.78. The van der Waals surface area contributed by atoms with Crippen LogP contribution in [0.25, 0.3) is 0 Å². The first-order chi connectivity index (χ1) is 10.7.